The van der Waals surface area contributed by atoms with E-state index in [0.29, 0.717) is 18.0 Å². The lowest BCUT2D eigenvalue weighted by molar-refractivity contribution is 0.117. The van der Waals surface area contributed by atoms with Crippen LogP contribution in [0.3, 0.4) is 0 Å². The zero-order valence-corrected chi connectivity index (χ0v) is 14.8. The van der Waals surface area contributed by atoms with Gasteiger partial charge in [0.2, 0.25) is 0 Å². The number of hydrogen-bond donors (Lipinski definition) is 2. The Balaban J connectivity index is 1.67. The van der Waals surface area contributed by atoms with E-state index < -0.39 is 0 Å². The number of pyridine rings is 1. The third-order valence-corrected chi connectivity index (χ3v) is 5.19. The normalized spacial score (nSPS) is 19.4. The minimum Gasteiger partial charge on any atom is -0.334 e. The molecule has 2 heterocycles. The van der Waals surface area contributed by atoms with Gasteiger partial charge in [-0.1, -0.05) is 50.2 Å². The van der Waals surface area contributed by atoms with Gasteiger partial charge in [0.05, 0.1) is 0 Å². The third kappa shape index (κ3) is 3.92. The molecule has 0 spiro atoms. The highest BCUT2D eigenvalue weighted by atomic mass is 16.2. The topological polar surface area (TPSA) is 65.2 Å². The molecule has 1 atom stereocenters. The number of aromatic amines is 1. The molecule has 1 aromatic carbocycles. The highest BCUT2D eigenvalue weighted by Crippen LogP contribution is 2.42. The van der Waals surface area contributed by atoms with Crippen LogP contribution in [0.2, 0.25) is 0 Å². The van der Waals surface area contributed by atoms with Crippen molar-refractivity contribution in [2.45, 2.75) is 32.7 Å². The number of carbonyl (C=O) groups excluding carboxylic acids is 1. The molecule has 2 amide bonds. The van der Waals surface area contributed by atoms with Crippen LogP contribution < -0.4 is 10.9 Å². The lowest BCUT2D eigenvalue weighted by Gasteiger charge is -2.44. The first kappa shape index (κ1) is 17.3. The van der Waals surface area contributed by atoms with E-state index in [0.717, 1.165) is 13.0 Å². The van der Waals surface area contributed by atoms with Crippen molar-refractivity contribution in [3.05, 3.63) is 70.1 Å². The predicted octanol–water partition coefficient (Wildman–Crippen LogP) is 3.10. The van der Waals surface area contributed by atoms with E-state index in [9.17, 15) is 9.59 Å². The van der Waals surface area contributed by atoms with Gasteiger partial charge in [-0.3, -0.25) is 4.79 Å². The fourth-order valence-corrected chi connectivity index (χ4v) is 3.46. The summed E-state index contributed by atoms with van der Waals surface area (Å²) >= 11 is 0. The van der Waals surface area contributed by atoms with Gasteiger partial charge in [0.25, 0.3) is 5.56 Å². The lowest BCUT2D eigenvalue weighted by atomic mass is 9.70. The monoisotopic (exact) mass is 339 g/mol. The molecule has 1 aromatic heterocycles. The van der Waals surface area contributed by atoms with Crippen LogP contribution in [0.5, 0.6) is 0 Å². The number of aromatic nitrogens is 1. The van der Waals surface area contributed by atoms with Crippen LogP contribution in [0.15, 0.2) is 53.5 Å². The Morgan fingerprint density at radius 3 is 2.72 bits per heavy atom. The van der Waals surface area contributed by atoms with Gasteiger partial charge in [0, 0.05) is 37.3 Å². The van der Waals surface area contributed by atoms with Crippen molar-refractivity contribution in [1.29, 1.82) is 0 Å². The SMILES string of the molecule is CC1(C)CCN(C(=O)NCc2ccc[nH]c2=O)CC1c1ccccc1. The molecular formula is C20H25N3O2. The number of nitrogens with one attached hydrogen (secondary N) is 2. The van der Waals surface area contributed by atoms with Crippen molar-refractivity contribution in [3.63, 3.8) is 0 Å². The molecule has 1 unspecified atom stereocenters. The minimum absolute atomic E-state index is 0.111. The Morgan fingerprint density at radius 2 is 2.00 bits per heavy atom. The second-order valence-corrected chi connectivity index (χ2v) is 7.33. The van der Waals surface area contributed by atoms with E-state index in [4.69, 9.17) is 0 Å². The number of carbonyl (C=O) groups is 1. The Kier molecular flexibility index (Phi) is 4.93. The summed E-state index contributed by atoms with van der Waals surface area (Å²) in [5.74, 6) is 0.299. The quantitative estimate of drug-likeness (QED) is 0.902. The number of amides is 2. The van der Waals surface area contributed by atoms with Crippen LogP contribution in [-0.2, 0) is 6.54 Å². The maximum atomic E-state index is 12.6. The van der Waals surface area contributed by atoms with E-state index in [-0.39, 0.29) is 23.6 Å². The first-order valence-electron chi connectivity index (χ1n) is 8.72. The molecule has 1 saturated heterocycles. The molecule has 5 heteroatoms. The van der Waals surface area contributed by atoms with Crippen LogP contribution in [0.1, 0.15) is 37.3 Å². The maximum absolute atomic E-state index is 12.6. The summed E-state index contributed by atoms with van der Waals surface area (Å²) in [5.41, 5.74) is 1.82. The highest BCUT2D eigenvalue weighted by molar-refractivity contribution is 5.74. The number of urea groups is 1. The van der Waals surface area contributed by atoms with Crippen LogP contribution in [0.4, 0.5) is 4.79 Å². The first-order valence-corrected chi connectivity index (χ1v) is 8.72. The van der Waals surface area contributed by atoms with E-state index in [2.05, 4.69) is 36.3 Å². The Labute approximate surface area is 148 Å². The molecule has 1 fully saturated rings. The Morgan fingerprint density at radius 1 is 1.24 bits per heavy atom. The van der Waals surface area contributed by atoms with E-state index in [1.807, 2.05) is 23.1 Å². The maximum Gasteiger partial charge on any atom is 0.317 e. The molecule has 1 aliphatic rings. The van der Waals surface area contributed by atoms with Crippen molar-refractivity contribution in [2.24, 2.45) is 5.41 Å². The molecule has 2 aromatic rings. The lowest BCUT2D eigenvalue weighted by Crippen LogP contribution is -2.49. The van der Waals surface area contributed by atoms with Gasteiger partial charge >= 0.3 is 6.03 Å². The number of H-pyrrole nitrogens is 1. The standard InChI is InChI=1S/C20H25N3O2/c1-20(2)10-12-23(14-17(20)15-7-4-3-5-8-15)19(25)22-13-16-9-6-11-21-18(16)24/h3-9,11,17H,10,12-14H2,1-2H3,(H,21,24)(H,22,25). The summed E-state index contributed by atoms with van der Waals surface area (Å²) in [6.45, 7) is 6.19. The average molecular weight is 339 g/mol. The summed E-state index contributed by atoms with van der Waals surface area (Å²) in [6.07, 6.45) is 2.54. The number of hydrogen-bond acceptors (Lipinski definition) is 2. The van der Waals surface area contributed by atoms with Crippen LogP contribution in [0.25, 0.3) is 0 Å². The van der Waals surface area contributed by atoms with E-state index in [1.54, 1.807) is 18.3 Å². The molecule has 0 saturated carbocycles. The molecule has 25 heavy (non-hydrogen) atoms. The molecule has 0 aliphatic carbocycles. The second kappa shape index (κ2) is 7.13. The molecule has 2 N–H and O–H groups in total. The summed E-state index contributed by atoms with van der Waals surface area (Å²) < 4.78 is 0. The fraction of sp³-hybridized carbons (Fsp3) is 0.400. The van der Waals surface area contributed by atoms with E-state index >= 15 is 0 Å². The third-order valence-electron chi connectivity index (χ3n) is 5.19. The second-order valence-electron chi connectivity index (χ2n) is 7.33. The zero-order chi connectivity index (χ0) is 17.9. The summed E-state index contributed by atoms with van der Waals surface area (Å²) in [4.78, 5) is 28.8. The van der Waals surface area contributed by atoms with Crippen molar-refractivity contribution in [2.75, 3.05) is 13.1 Å². The van der Waals surface area contributed by atoms with Crippen molar-refractivity contribution in [3.8, 4) is 0 Å². The van der Waals surface area contributed by atoms with E-state index in [1.165, 1.54) is 5.56 Å². The number of benzene rings is 1. The molecule has 3 rings (SSSR count). The minimum atomic E-state index is -0.162. The average Bonchev–Trinajstić information content (AvgIpc) is 2.61. The fourth-order valence-electron chi connectivity index (χ4n) is 3.46. The smallest absolute Gasteiger partial charge is 0.317 e. The van der Waals surface area contributed by atoms with Crippen LogP contribution in [-0.4, -0.2) is 29.0 Å². The van der Waals surface area contributed by atoms with Gasteiger partial charge in [-0.25, -0.2) is 4.79 Å². The molecule has 5 nitrogen and oxygen atoms in total. The molecule has 1 aliphatic heterocycles. The van der Waals surface area contributed by atoms with Gasteiger partial charge in [0.1, 0.15) is 0 Å². The van der Waals surface area contributed by atoms with Gasteiger partial charge in [-0.15, -0.1) is 0 Å². The number of piperidine rings is 1. The van der Waals surface area contributed by atoms with Gasteiger partial charge in [0.15, 0.2) is 0 Å². The van der Waals surface area contributed by atoms with Crippen LogP contribution >= 0.6 is 0 Å². The van der Waals surface area contributed by atoms with Crippen LogP contribution in [0, 0.1) is 5.41 Å². The van der Waals surface area contributed by atoms with Crippen molar-refractivity contribution >= 4 is 6.03 Å². The Bertz CT molecular complexity index is 783. The van der Waals surface area contributed by atoms with Gasteiger partial charge in [-0.05, 0) is 23.5 Å². The zero-order valence-electron chi connectivity index (χ0n) is 14.8. The summed E-state index contributed by atoms with van der Waals surface area (Å²) in [7, 11) is 0. The molecule has 0 bridgehead atoms. The molecule has 0 radical (unpaired) electrons. The first-order chi connectivity index (χ1) is 12.0. The summed E-state index contributed by atoms with van der Waals surface area (Å²) in [6, 6.07) is 13.8. The summed E-state index contributed by atoms with van der Waals surface area (Å²) in [5, 5.41) is 2.88. The number of likely N-dealkylation sites (tertiary alicyclic amines) is 1. The van der Waals surface area contributed by atoms with Crippen molar-refractivity contribution in [1.82, 2.24) is 15.2 Å². The Hall–Kier alpha value is -2.56. The highest BCUT2D eigenvalue weighted by Gasteiger charge is 2.37. The number of nitrogens with zero attached hydrogens (tertiary/aromatic N) is 1. The van der Waals surface area contributed by atoms with Gasteiger partial charge in [-0.2, -0.15) is 0 Å². The number of rotatable bonds is 3. The largest absolute Gasteiger partial charge is 0.334 e. The molecule has 132 valence electrons. The van der Waals surface area contributed by atoms with Gasteiger partial charge < -0.3 is 15.2 Å². The molecular weight excluding hydrogens is 314 g/mol. The predicted molar refractivity (Wildman–Crippen MR) is 98.5 cm³/mol. The van der Waals surface area contributed by atoms with Crippen molar-refractivity contribution < 1.29 is 4.79 Å².